The van der Waals surface area contributed by atoms with Gasteiger partial charge in [0, 0.05) is 11.2 Å². The van der Waals surface area contributed by atoms with Gasteiger partial charge in [-0.15, -0.1) is 0 Å². The Morgan fingerprint density at radius 3 is 0.952 bits per heavy atom. The molecule has 0 heterocycles. The first-order valence-electron chi connectivity index (χ1n) is 2.76. The average molecular weight is 394 g/mol. The van der Waals surface area contributed by atoms with Gasteiger partial charge in [-0.25, -0.2) is 0 Å². The third-order valence-electron chi connectivity index (χ3n) is 0.553. The molecule has 0 aromatic carbocycles. The van der Waals surface area contributed by atoms with Gasteiger partial charge in [-0.3, -0.25) is 18.7 Å². The summed E-state index contributed by atoms with van der Waals surface area (Å²) in [6.07, 6.45) is -0.593. The molecule has 0 bridgehead atoms. The number of hydrogen-bond donors (Lipinski definition) is 4. The van der Waals surface area contributed by atoms with E-state index in [1.54, 1.807) is 0 Å². The zero-order chi connectivity index (χ0) is 11.1. The molecule has 0 unspecified atom stereocenters. The van der Waals surface area contributed by atoms with Crippen LogP contribution in [0.15, 0.2) is 0 Å². The molecule has 21 heavy (non-hydrogen) atoms. The van der Waals surface area contributed by atoms with Crippen LogP contribution >= 0.6 is 0 Å². The standard InChI is InChI=1S/C4H6O4.3Na.H2O3S2.5H2O.3H/c5-3(6)1-2-4(7)8;;;;1-5(2,3)4;;;;;;;;/h1-2H2,(H,5,6)(H,7,8);;;;(H2,1,2,3,4);5*1H2;;;/q;3*+1;;;;;;;3*-1. The third kappa shape index (κ3) is 179. The Kier molecular flexibility index (Phi) is 119. The van der Waals surface area contributed by atoms with Crippen LogP contribution < -0.4 is 88.7 Å². The van der Waals surface area contributed by atoms with E-state index < -0.39 is 21.0 Å². The normalized spacial score (nSPS) is 6.00. The number of hydrogen-bond acceptors (Lipinski definition) is 4. The first-order chi connectivity index (χ1) is 5.63. The molecule has 0 fully saturated rings. The largest absolute Gasteiger partial charge is 1.00 e. The first kappa shape index (κ1) is 65.8. The maximum atomic E-state index is 9.64. The Balaban J connectivity index is -0.00000000648. The molecular weight excluding hydrogens is 373 g/mol. The van der Waals surface area contributed by atoms with E-state index in [2.05, 4.69) is 11.2 Å². The zero-order valence-electron chi connectivity index (χ0n) is 14.7. The molecule has 0 aromatic rings. The minimum atomic E-state index is -3.83. The fourth-order valence-corrected chi connectivity index (χ4v) is 0.214. The summed E-state index contributed by atoms with van der Waals surface area (Å²) in [6.45, 7) is 0. The van der Waals surface area contributed by atoms with Gasteiger partial charge >= 0.3 is 101 Å². The monoisotopic (exact) mass is 394 g/mol. The molecule has 0 atom stereocenters. The Bertz CT molecular complexity index is 273. The van der Waals surface area contributed by atoms with Crippen LogP contribution in [0.3, 0.4) is 0 Å². The smallest absolute Gasteiger partial charge is 1.00 e. The van der Waals surface area contributed by atoms with Crippen molar-refractivity contribution in [3.05, 3.63) is 0 Å². The second-order valence-electron chi connectivity index (χ2n) is 1.74. The Morgan fingerprint density at radius 2 is 0.905 bits per heavy atom. The van der Waals surface area contributed by atoms with Crippen molar-refractivity contribution in [2.24, 2.45) is 0 Å². The quantitative estimate of drug-likeness (QED) is 0.332. The summed E-state index contributed by atoms with van der Waals surface area (Å²) in [4.78, 5) is 19.3. The van der Waals surface area contributed by atoms with Crippen molar-refractivity contribution >= 4 is 32.2 Å². The van der Waals surface area contributed by atoms with E-state index in [1.807, 2.05) is 0 Å². The van der Waals surface area contributed by atoms with E-state index in [9.17, 15) is 9.59 Å². The van der Waals surface area contributed by atoms with Gasteiger partial charge in [-0.1, -0.05) is 0 Å². The van der Waals surface area contributed by atoms with E-state index in [0.717, 1.165) is 0 Å². The second-order valence-corrected chi connectivity index (χ2v) is 3.93. The molecule has 0 saturated carbocycles. The summed E-state index contributed by atoms with van der Waals surface area (Å²) in [6, 6.07) is 0. The molecule has 14 N–H and O–H groups in total. The van der Waals surface area contributed by atoms with Gasteiger partial charge in [-0.2, -0.15) is 4.21 Å². The molecule has 12 nitrogen and oxygen atoms in total. The van der Waals surface area contributed by atoms with Crippen molar-refractivity contribution < 1.29 is 153 Å². The van der Waals surface area contributed by atoms with Crippen molar-refractivity contribution in [3.63, 3.8) is 0 Å². The van der Waals surface area contributed by atoms with Gasteiger partial charge in [0.05, 0.1) is 12.8 Å². The Hall–Kier alpha value is 2.03. The minimum absolute atomic E-state index is 0. The molecule has 0 radical (unpaired) electrons. The van der Waals surface area contributed by atoms with Crippen molar-refractivity contribution in [1.82, 2.24) is 0 Å². The molecule has 0 saturated heterocycles. The summed E-state index contributed by atoms with van der Waals surface area (Å²) in [7, 11) is -3.83. The van der Waals surface area contributed by atoms with E-state index in [4.69, 9.17) is 23.5 Å². The number of carbonyl (C=O) groups is 2. The summed E-state index contributed by atoms with van der Waals surface area (Å²) < 4.78 is 24.0. The Morgan fingerprint density at radius 1 is 0.810 bits per heavy atom. The van der Waals surface area contributed by atoms with Crippen molar-refractivity contribution in [2.75, 3.05) is 0 Å². The predicted molar refractivity (Wildman–Crippen MR) is 66.7 cm³/mol. The van der Waals surface area contributed by atoms with Crippen LogP contribution in [-0.2, 0) is 29.8 Å². The summed E-state index contributed by atoms with van der Waals surface area (Å²) in [5.74, 6) is -2.15. The van der Waals surface area contributed by atoms with Gasteiger partial charge in [0.2, 0.25) is 0 Å². The van der Waals surface area contributed by atoms with Gasteiger partial charge in [0.1, 0.15) is 0 Å². The summed E-state index contributed by atoms with van der Waals surface area (Å²) in [5, 5.41) is 15.8. The third-order valence-corrected chi connectivity index (χ3v) is 0.553. The second kappa shape index (κ2) is 37.9. The molecule has 0 aliphatic rings. The van der Waals surface area contributed by atoms with Crippen LogP contribution in [0.25, 0.3) is 0 Å². The average Bonchev–Trinajstić information content (AvgIpc) is 1.79. The van der Waals surface area contributed by atoms with E-state index >= 15 is 0 Å². The number of carboxylic acids is 2. The van der Waals surface area contributed by atoms with E-state index in [-0.39, 0.29) is 133 Å². The molecule has 0 aliphatic carbocycles. The maximum absolute atomic E-state index is 9.64. The van der Waals surface area contributed by atoms with Gasteiger partial charge < -0.3 is 41.9 Å². The first-order valence-corrected chi connectivity index (χ1v) is 5.16. The summed E-state index contributed by atoms with van der Waals surface area (Å²) >= 11 is 3.47. The molecule has 0 aliphatic heterocycles. The van der Waals surface area contributed by atoms with Crippen LogP contribution in [-0.4, -0.2) is 62.8 Å². The topological polar surface area (TPSA) is 290 Å². The van der Waals surface area contributed by atoms with Crippen LogP contribution in [0.4, 0.5) is 0 Å². The molecule has 124 valence electrons. The number of rotatable bonds is 3. The van der Waals surface area contributed by atoms with Crippen molar-refractivity contribution in [1.29, 1.82) is 0 Å². The Labute approximate surface area is 196 Å². The van der Waals surface area contributed by atoms with Gasteiger partial charge in [0.25, 0.3) is 9.05 Å². The fraction of sp³-hybridized carbons (Fsp3) is 0.500. The molecule has 0 amide bonds. The minimum Gasteiger partial charge on any atom is -1.00 e. The number of carboxylic acid groups (broad SMARTS) is 2. The predicted octanol–water partition coefficient (Wildman–Crippen LogP) is -13.2. The van der Waals surface area contributed by atoms with E-state index in [0.29, 0.717) is 0 Å². The van der Waals surface area contributed by atoms with Crippen LogP contribution in [0.5, 0.6) is 0 Å². The molecule has 0 spiro atoms. The SMILES string of the molecule is O.O.O.O.O.O=C(O)CCC(=O)O.O=S(O)(O)=S.[H-].[H-].[H-].[Na+].[Na+].[Na+]. The van der Waals surface area contributed by atoms with Crippen molar-refractivity contribution in [2.45, 2.75) is 12.8 Å². The molecule has 17 heteroatoms. The maximum Gasteiger partial charge on any atom is 1.00 e. The van der Waals surface area contributed by atoms with E-state index in [1.165, 1.54) is 0 Å². The molecular formula is C4H21Na3O12S2. The van der Waals surface area contributed by atoms with Crippen LogP contribution in [0.1, 0.15) is 17.1 Å². The van der Waals surface area contributed by atoms with Crippen molar-refractivity contribution in [3.8, 4) is 0 Å². The van der Waals surface area contributed by atoms with Gasteiger partial charge in [-0.05, 0) is 0 Å². The number of aliphatic carboxylic acids is 2. The fourth-order valence-electron chi connectivity index (χ4n) is 0.214. The molecule has 0 aromatic heterocycles. The van der Waals surface area contributed by atoms with Crippen LogP contribution in [0.2, 0.25) is 0 Å². The van der Waals surface area contributed by atoms with Gasteiger partial charge in [0.15, 0.2) is 0 Å². The van der Waals surface area contributed by atoms with Crippen LogP contribution in [0, 0.1) is 0 Å². The summed E-state index contributed by atoms with van der Waals surface area (Å²) in [5.41, 5.74) is 0. The zero-order valence-corrected chi connectivity index (χ0v) is 19.4. The molecule has 0 rings (SSSR count).